The molecule has 1 fully saturated rings. The van der Waals surface area contributed by atoms with Gasteiger partial charge in [-0.05, 0) is 62.2 Å². The predicted molar refractivity (Wildman–Crippen MR) is 163 cm³/mol. The van der Waals surface area contributed by atoms with E-state index in [2.05, 4.69) is 9.82 Å². The fourth-order valence-electron chi connectivity index (χ4n) is 5.08. The molecule has 2 atom stereocenters. The van der Waals surface area contributed by atoms with Crippen LogP contribution in [-0.2, 0) is 25.7 Å². The number of benzene rings is 3. The normalized spacial score (nSPS) is 15.8. The van der Waals surface area contributed by atoms with E-state index in [1.165, 1.54) is 36.2 Å². The first-order valence-electron chi connectivity index (χ1n) is 14.7. The Morgan fingerprint density at radius 2 is 1.71 bits per heavy atom. The van der Waals surface area contributed by atoms with Crippen LogP contribution in [0, 0.1) is 6.92 Å². The van der Waals surface area contributed by atoms with Crippen LogP contribution >= 0.6 is 0 Å². The van der Waals surface area contributed by atoms with E-state index in [0.29, 0.717) is 30.5 Å². The number of hydrogen-bond donors (Lipinski definition) is 1. The topological polar surface area (TPSA) is 143 Å². The SMILES string of the molecule is Cc1ccc(-c2cc(C(F)(F)F)nn2-c2ccc(S(=O)(=O)NC(=O)[C@@H]3CCCN3n3on3OC(C)OC(=O)c3ccccc3)cc2)cc1. The number of sulfonamides is 1. The van der Waals surface area contributed by atoms with Crippen LogP contribution in [0.15, 0.2) is 94.5 Å². The number of alkyl halides is 3. The third kappa shape index (κ3) is 6.95. The quantitative estimate of drug-likeness (QED) is 0.168. The van der Waals surface area contributed by atoms with Gasteiger partial charge in [-0.1, -0.05) is 48.0 Å². The van der Waals surface area contributed by atoms with Gasteiger partial charge in [0.15, 0.2) is 5.69 Å². The Balaban J connectivity index is 1.12. The van der Waals surface area contributed by atoms with Gasteiger partial charge in [0.25, 0.3) is 22.2 Å². The Labute approximate surface area is 271 Å². The molecule has 252 valence electrons. The molecule has 0 spiro atoms. The highest BCUT2D eigenvalue weighted by molar-refractivity contribution is 7.90. The van der Waals surface area contributed by atoms with Crippen molar-refractivity contribution in [3.63, 3.8) is 0 Å². The third-order valence-electron chi connectivity index (χ3n) is 7.50. The Bertz CT molecular complexity index is 2010. The van der Waals surface area contributed by atoms with Crippen molar-refractivity contribution < 1.29 is 45.4 Å². The van der Waals surface area contributed by atoms with Crippen molar-refractivity contribution >= 4 is 21.9 Å². The summed E-state index contributed by atoms with van der Waals surface area (Å²) in [6.45, 7) is 3.65. The molecule has 1 aliphatic rings. The number of nitrogens with one attached hydrogen (secondary N) is 1. The molecular weight excluding hydrogens is 657 g/mol. The Morgan fingerprint density at radius 3 is 2.38 bits per heavy atom. The smallest absolute Gasteiger partial charge is 0.420 e. The van der Waals surface area contributed by atoms with E-state index >= 15 is 0 Å². The zero-order chi connectivity index (χ0) is 34.2. The molecule has 2 aromatic heterocycles. The van der Waals surface area contributed by atoms with Gasteiger partial charge < -0.3 is 9.57 Å². The van der Waals surface area contributed by atoms with E-state index < -0.39 is 46.1 Å². The number of amides is 1. The molecule has 1 unspecified atom stereocenters. The van der Waals surface area contributed by atoms with Crippen LogP contribution in [0.4, 0.5) is 13.2 Å². The van der Waals surface area contributed by atoms with Crippen molar-refractivity contribution in [2.75, 3.05) is 11.6 Å². The lowest BCUT2D eigenvalue weighted by Gasteiger charge is -2.19. The lowest BCUT2D eigenvalue weighted by molar-refractivity contribution is -0.141. The van der Waals surface area contributed by atoms with Gasteiger partial charge in [0.2, 0.25) is 0 Å². The van der Waals surface area contributed by atoms with Gasteiger partial charge >= 0.3 is 12.1 Å². The Hall–Kier alpha value is -5.45. The number of aryl methyl sites for hydroxylation is 1. The van der Waals surface area contributed by atoms with Crippen molar-refractivity contribution in [2.45, 2.75) is 50.1 Å². The summed E-state index contributed by atoms with van der Waals surface area (Å²) < 4.78 is 80.7. The first kappa shape index (κ1) is 32.5. The molecule has 1 aliphatic heterocycles. The number of carbonyl (C=O) groups is 2. The largest absolute Gasteiger partial charge is 0.435 e. The summed E-state index contributed by atoms with van der Waals surface area (Å²) in [5.41, 5.74) is 0.956. The molecule has 13 nitrogen and oxygen atoms in total. The molecule has 6 rings (SSSR count). The van der Waals surface area contributed by atoms with Crippen molar-refractivity contribution in [2.24, 2.45) is 0 Å². The molecule has 17 heteroatoms. The molecule has 0 bridgehead atoms. The second kappa shape index (κ2) is 12.6. The van der Waals surface area contributed by atoms with Gasteiger partial charge in [-0.3, -0.25) is 4.79 Å². The van der Waals surface area contributed by atoms with Crippen LogP contribution in [0.3, 0.4) is 0 Å². The monoisotopic (exact) mass is 686 g/mol. The maximum atomic E-state index is 13.6. The average Bonchev–Trinajstić information content (AvgIpc) is 3.41. The summed E-state index contributed by atoms with van der Waals surface area (Å²) in [6.07, 6.45) is -4.93. The molecule has 0 radical (unpaired) electrons. The number of hydrogen-bond acceptors (Lipinski definition) is 9. The summed E-state index contributed by atoms with van der Waals surface area (Å²) in [4.78, 5) is 31.7. The molecular formula is C31H29F3N6O7S. The average molecular weight is 687 g/mol. The number of carbonyl (C=O) groups excluding carboxylic acids is 2. The van der Waals surface area contributed by atoms with E-state index in [0.717, 1.165) is 26.3 Å². The molecule has 0 aliphatic carbocycles. The second-order valence-electron chi connectivity index (χ2n) is 11.0. The summed E-state index contributed by atoms with van der Waals surface area (Å²) in [7, 11) is -4.38. The lowest BCUT2D eigenvalue weighted by atomic mass is 10.1. The maximum absolute atomic E-state index is 13.6. The van der Waals surface area contributed by atoms with Crippen LogP contribution in [0.5, 0.6) is 0 Å². The summed E-state index contributed by atoms with van der Waals surface area (Å²) in [6, 6.07) is 20.1. The van der Waals surface area contributed by atoms with Gasteiger partial charge in [0, 0.05) is 19.0 Å². The number of aromatic nitrogens is 4. The van der Waals surface area contributed by atoms with Gasteiger partial charge in [-0.15, -0.1) is 0 Å². The standard InChI is InChI=1S/C31H29F3N6O7S/c1-20-10-12-22(13-11-20)27-19-28(31(32,33)34)35-38(27)24-14-16-25(17-15-24)48(43,44)36-29(41)26-9-6-18-37(26)39-40(47-39)46-21(2)45-30(42)23-7-4-3-5-8-23/h3-5,7-8,10-17,19,21,26H,6,9,18H2,1-2H3,(H,36,41)/t21?,26-,39?,40?/m0/s1. The summed E-state index contributed by atoms with van der Waals surface area (Å²) >= 11 is 0. The van der Waals surface area contributed by atoms with Crippen LogP contribution in [0.25, 0.3) is 16.9 Å². The van der Waals surface area contributed by atoms with Crippen LogP contribution < -0.4 is 14.6 Å². The molecule has 3 aromatic carbocycles. The van der Waals surface area contributed by atoms with Crippen LogP contribution in [0.2, 0.25) is 0 Å². The first-order chi connectivity index (χ1) is 22.8. The molecule has 0 saturated carbocycles. The second-order valence-corrected chi connectivity index (χ2v) is 12.7. The Morgan fingerprint density at radius 1 is 1.02 bits per heavy atom. The van der Waals surface area contributed by atoms with Crippen molar-refractivity contribution in [1.29, 1.82) is 0 Å². The highest BCUT2D eigenvalue weighted by Gasteiger charge is 2.39. The molecule has 1 saturated heterocycles. The highest BCUT2D eigenvalue weighted by Crippen LogP contribution is 2.33. The highest BCUT2D eigenvalue weighted by atomic mass is 32.2. The number of ether oxygens (including phenoxy) is 1. The predicted octanol–water partition coefficient (Wildman–Crippen LogP) is 4.30. The van der Waals surface area contributed by atoms with Gasteiger partial charge in [-0.25, -0.2) is 27.6 Å². The first-order valence-corrected chi connectivity index (χ1v) is 16.2. The van der Waals surface area contributed by atoms with E-state index in [4.69, 9.17) is 14.2 Å². The van der Waals surface area contributed by atoms with Gasteiger partial charge in [0.05, 0.1) is 26.8 Å². The molecule has 1 amide bonds. The fraction of sp³-hybridized carbons (Fsp3) is 0.258. The van der Waals surface area contributed by atoms with E-state index in [1.54, 1.807) is 54.6 Å². The van der Waals surface area contributed by atoms with Gasteiger partial charge in [-0.2, -0.15) is 22.9 Å². The summed E-state index contributed by atoms with van der Waals surface area (Å²) in [5.74, 6) is -1.45. The van der Waals surface area contributed by atoms with E-state index in [9.17, 15) is 31.2 Å². The molecule has 5 aromatic rings. The fourth-order valence-corrected chi connectivity index (χ4v) is 6.10. The van der Waals surface area contributed by atoms with E-state index in [1.807, 2.05) is 6.92 Å². The number of halogens is 3. The third-order valence-corrected chi connectivity index (χ3v) is 8.86. The van der Waals surface area contributed by atoms with E-state index in [-0.39, 0.29) is 16.3 Å². The molecule has 3 heterocycles. The van der Waals surface area contributed by atoms with Gasteiger partial charge in [0.1, 0.15) is 11.1 Å². The number of nitrogens with zero attached hydrogens (tertiary/aromatic N) is 5. The Kier molecular flexibility index (Phi) is 8.55. The number of rotatable bonds is 10. The summed E-state index contributed by atoms with van der Waals surface area (Å²) in [5, 5.41) is 6.08. The minimum absolute atomic E-state index is 0.159. The van der Waals surface area contributed by atoms with Crippen molar-refractivity contribution in [3.05, 3.63) is 102 Å². The van der Waals surface area contributed by atoms with Crippen molar-refractivity contribution in [3.8, 4) is 16.9 Å². The van der Waals surface area contributed by atoms with Crippen LogP contribution in [-0.4, -0.2) is 58.9 Å². The molecule has 1 N–H and O–H groups in total. The minimum Gasteiger partial charge on any atom is -0.420 e. The maximum Gasteiger partial charge on any atom is 0.435 e. The lowest BCUT2D eigenvalue weighted by Crippen LogP contribution is -2.49. The van der Waals surface area contributed by atoms with Crippen LogP contribution in [0.1, 0.15) is 41.4 Å². The zero-order valence-electron chi connectivity index (χ0n) is 25.5. The minimum atomic E-state index is -4.70. The zero-order valence-corrected chi connectivity index (χ0v) is 26.3. The van der Waals surface area contributed by atoms with Crippen molar-refractivity contribution in [1.82, 2.24) is 24.5 Å². The number of esters is 1. The molecule has 48 heavy (non-hydrogen) atoms.